The van der Waals surface area contributed by atoms with Crippen LogP contribution in [-0.4, -0.2) is 43.6 Å². The number of hydrogen-bond acceptors (Lipinski definition) is 3. The van der Waals surface area contributed by atoms with Gasteiger partial charge in [0, 0.05) is 25.2 Å². The standard InChI is InChI=1S/C21H32N2O2/c1-2-7-18-16-21(24)23(17-18)19-8-10-20(11-9-19)25-15-6-14-22-12-4-3-5-13-22/h8-11,18H,2-7,12-17H2,1H3. The summed E-state index contributed by atoms with van der Waals surface area (Å²) >= 11 is 0. The molecule has 0 spiro atoms. The molecule has 1 aromatic carbocycles. The first-order valence-electron chi connectivity index (χ1n) is 10.0. The maximum absolute atomic E-state index is 12.2. The Morgan fingerprint density at radius 2 is 1.88 bits per heavy atom. The Hall–Kier alpha value is -1.55. The molecule has 0 aliphatic carbocycles. The van der Waals surface area contributed by atoms with Gasteiger partial charge in [0.05, 0.1) is 6.61 Å². The van der Waals surface area contributed by atoms with Crippen LogP contribution in [0.1, 0.15) is 51.9 Å². The Morgan fingerprint density at radius 3 is 2.60 bits per heavy atom. The summed E-state index contributed by atoms with van der Waals surface area (Å²) in [6, 6.07) is 8.03. The molecular weight excluding hydrogens is 312 g/mol. The van der Waals surface area contributed by atoms with Gasteiger partial charge in [-0.1, -0.05) is 19.8 Å². The van der Waals surface area contributed by atoms with Crippen molar-refractivity contribution < 1.29 is 9.53 Å². The van der Waals surface area contributed by atoms with Gasteiger partial charge in [0.15, 0.2) is 0 Å². The minimum atomic E-state index is 0.258. The predicted octanol–water partition coefficient (Wildman–Crippen LogP) is 4.09. The topological polar surface area (TPSA) is 32.8 Å². The van der Waals surface area contributed by atoms with E-state index in [-0.39, 0.29) is 5.91 Å². The number of piperidine rings is 1. The smallest absolute Gasteiger partial charge is 0.227 e. The van der Waals surface area contributed by atoms with Crippen LogP contribution in [0.25, 0.3) is 0 Å². The summed E-state index contributed by atoms with van der Waals surface area (Å²) in [6.07, 6.45) is 8.13. The van der Waals surface area contributed by atoms with Gasteiger partial charge in [-0.05, 0) is 69.0 Å². The van der Waals surface area contributed by atoms with Crippen LogP contribution in [0.4, 0.5) is 5.69 Å². The van der Waals surface area contributed by atoms with Crippen molar-refractivity contribution in [1.82, 2.24) is 4.90 Å². The van der Waals surface area contributed by atoms with Crippen molar-refractivity contribution in [3.8, 4) is 5.75 Å². The average molecular weight is 344 g/mol. The molecule has 0 saturated carbocycles. The van der Waals surface area contributed by atoms with Gasteiger partial charge in [0.1, 0.15) is 5.75 Å². The van der Waals surface area contributed by atoms with Crippen LogP contribution in [0.2, 0.25) is 0 Å². The molecule has 138 valence electrons. The van der Waals surface area contributed by atoms with E-state index in [9.17, 15) is 4.79 Å². The molecule has 1 amide bonds. The Labute approximate surface area is 152 Å². The van der Waals surface area contributed by atoms with Crippen molar-refractivity contribution in [3.05, 3.63) is 24.3 Å². The van der Waals surface area contributed by atoms with E-state index in [2.05, 4.69) is 11.8 Å². The molecule has 2 aliphatic heterocycles. The Morgan fingerprint density at radius 1 is 1.12 bits per heavy atom. The van der Waals surface area contributed by atoms with Gasteiger partial charge >= 0.3 is 0 Å². The summed E-state index contributed by atoms with van der Waals surface area (Å²) in [7, 11) is 0. The molecule has 0 N–H and O–H groups in total. The van der Waals surface area contributed by atoms with Gasteiger partial charge in [-0.15, -0.1) is 0 Å². The van der Waals surface area contributed by atoms with Crippen LogP contribution in [0, 0.1) is 5.92 Å². The second kappa shape index (κ2) is 9.23. The van der Waals surface area contributed by atoms with Gasteiger partial charge in [-0.3, -0.25) is 4.79 Å². The van der Waals surface area contributed by atoms with Crippen molar-refractivity contribution in [2.24, 2.45) is 5.92 Å². The molecular formula is C21H32N2O2. The first-order valence-corrected chi connectivity index (χ1v) is 10.0. The van der Waals surface area contributed by atoms with E-state index in [0.717, 1.165) is 50.4 Å². The molecule has 2 heterocycles. The number of carbonyl (C=O) groups is 1. The second-order valence-electron chi connectivity index (χ2n) is 7.46. The highest BCUT2D eigenvalue weighted by Crippen LogP contribution is 2.28. The molecule has 0 radical (unpaired) electrons. The molecule has 25 heavy (non-hydrogen) atoms. The van der Waals surface area contributed by atoms with Crippen LogP contribution in [0.3, 0.4) is 0 Å². The molecule has 0 bridgehead atoms. The summed E-state index contributed by atoms with van der Waals surface area (Å²) in [6.45, 7) is 7.44. The molecule has 1 aromatic rings. The molecule has 2 saturated heterocycles. The molecule has 4 heteroatoms. The maximum Gasteiger partial charge on any atom is 0.227 e. The fourth-order valence-electron chi connectivity index (χ4n) is 4.02. The van der Waals surface area contributed by atoms with E-state index in [4.69, 9.17) is 4.74 Å². The van der Waals surface area contributed by atoms with Crippen molar-refractivity contribution in [3.63, 3.8) is 0 Å². The molecule has 0 aromatic heterocycles. The molecule has 4 nitrogen and oxygen atoms in total. The highest BCUT2D eigenvalue weighted by Gasteiger charge is 2.29. The zero-order chi connectivity index (χ0) is 17.5. The van der Waals surface area contributed by atoms with Gasteiger partial charge in [0.25, 0.3) is 0 Å². The molecule has 1 unspecified atom stereocenters. The van der Waals surface area contributed by atoms with Crippen LogP contribution < -0.4 is 9.64 Å². The van der Waals surface area contributed by atoms with Crippen LogP contribution in [-0.2, 0) is 4.79 Å². The third kappa shape index (κ3) is 5.21. The fourth-order valence-corrected chi connectivity index (χ4v) is 4.02. The zero-order valence-electron chi connectivity index (χ0n) is 15.6. The normalized spacial score (nSPS) is 21.7. The number of nitrogens with zero attached hydrogens (tertiary/aromatic N) is 2. The highest BCUT2D eigenvalue weighted by molar-refractivity contribution is 5.95. The van der Waals surface area contributed by atoms with Gasteiger partial charge in [0.2, 0.25) is 5.91 Å². The number of likely N-dealkylation sites (tertiary alicyclic amines) is 1. The molecule has 2 aliphatic rings. The minimum absolute atomic E-state index is 0.258. The van der Waals surface area contributed by atoms with Crippen molar-refractivity contribution in [1.29, 1.82) is 0 Å². The van der Waals surface area contributed by atoms with E-state index in [1.165, 1.54) is 32.4 Å². The van der Waals surface area contributed by atoms with Gasteiger partial charge < -0.3 is 14.5 Å². The van der Waals surface area contributed by atoms with Gasteiger partial charge in [-0.2, -0.15) is 0 Å². The summed E-state index contributed by atoms with van der Waals surface area (Å²) in [5.41, 5.74) is 1.00. The Kier molecular flexibility index (Phi) is 6.74. The third-order valence-electron chi connectivity index (χ3n) is 5.39. The van der Waals surface area contributed by atoms with E-state index >= 15 is 0 Å². The molecule has 3 rings (SSSR count). The predicted molar refractivity (Wildman–Crippen MR) is 102 cm³/mol. The second-order valence-corrected chi connectivity index (χ2v) is 7.46. The number of anilines is 1. The first-order chi connectivity index (χ1) is 12.3. The first kappa shape index (κ1) is 18.2. The van der Waals surface area contributed by atoms with E-state index < -0.39 is 0 Å². The minimum Gasteiger partial charge on any atom is -0.494 e. The van der Waals surface area contributed by atoms with E-state index in [1.54, 1.807) is 0 Å². The van der Waals surface area contributed by atoms with E-state index in [1.807, 2.05) is 29.2 Å². The number of benzene rings is 1. The molecule has 1 atom stereocenters. The zero-order valence-corrected chi connectivity index (χ0v) is 15.6. The van der Waals surface area contributed by atoms with Crippen molar-refractivity contribution in [2.45, 2.75) is 51.9 Å². The lowest BCUT2D eigenvalue weighted by Gasteiger charge is -2.26. The number of rotatable bonds is 8. The highest BCUT2D eigenvalue weighted by atomic mass is 16.5. The summed E-state index contributed by atoms with van der Waals surface area (Å²) in [5, 5.41) is 0. The summed E-state index contributed by atoms with van der Waals surface area (Å²) in [4.78, 5) is 16.7. The summed E-state index contributed by atoms with van der Waals surface area (Å²) in [5.74, 6) is 1.68. The van der Waals surface area contributed by atoms with Crippen LogP contribution in [0.15, 0.2) is 24.3 Å². The van der Waals surface area contributed by atoms with Crippen molar-refractivity contribution >= 4 is 11.6 Å². The quantitative estimate of drug-likeness (QED) is 0.666. The number of ether oxygens (including phenoxy) is 1. The fraction of sp³-hybridized carbons (Fsp3) is 0.667. The number of amides is 1. The SMILES string of the molecule is CCCC1CC(=O)N(c2ccc(OCCCN3CCCCC3)cc2)C1. The lowest BCUT2D eigenvalue weighted by Crippen LogP contribution is -2.31. The third-order valence-corrected chi connectivity index (χ3v) is 5.39. The van der Waals surface area contributed by atoms with Gasteiger partial charge in [-0.25, -0.2) is 0 Å². The Balaban J connectivity index is 1.42. The lowest BCUT2D eigenvalue weighted by molar-refractivity contribution is -0.117. The van der Waals surface area contributed by atoms with Crippen molar-refractivity contribution in [2.75, 3.05) is 37.7 Å². The van der Waals surface area contributed by atoms with E-state index in [0.29, 0.717) is 12.3 Å². The van der Waals surface area contributed by atoms with Crippen LogP contribution >= 0.6 is 0 Å². The lowest BCUT2D eigenvalue weighted by atomic mass is 10.0. The maximum atomic E-state index is 12.2. The monoisotopic (exact) mass is 344 g/mol. The summed E-state index contributed by atoms with van der Waals surface area (Å²) < 4.78 is 5.87. The average Bonchev–Trinajstić information content (AvgIpc) is 3.01. The Bertz CT molecular complexity index is 537. The number of carbonyl (C=O) groups excluding carboxylic acids is 1. The largest absolute Gasteiger partial charge is 0.494 e. The number of hydrogen-bond donors (Lipinski definition) is 0. The van der Waals surface area contributed by atoms with Crippen LogP contribution in [0.5, 0.6) is 5.75 Å². The molecule has 2 fully saturated rings.